The zero-order chi connectivity index (χ0) is 11.9. The van der Waals surface area contributed by atoms with Crippen molar-refractivity contribution in [2.45, 2.75) is 4.90 Å². The fraction of sp³-hybridized carbons (Fsp3) is 0. The number of halogens is 1. The number of benzene rings is 2. The van der Waals surface area contributed by atoms with Crippen LogP contribution in [-0.2, 0) is 10.1 Å². The van der Waals surface area contributed by atoms with Gasteiger partial charge in [0.25, 0.3) is 10.1 Å². The van der Waals surface area contributed by atoms with Crippen LogP contribution in [-0.4, -0.2) is 13.0 Å². The van der Waals surface area contributed by atoms with Gasteiger partial charge in [-0.15, -0.1) is 0 Å². The monoisotopic (exact) mass is 257 g/mol. The third kappa shape index (κ3) is 1.73. The van der Waals surface area contributed by atoms with Crippen molar-refractivity contribution in [2.75, 3.05) is 5.73 Å². The van der Waals surface area contributed by atoms with Gasteiger partial charge in [0.15, 0.2) is 0 Å². The molecular formula is C10H8ClNO3S. The normalized spacial score (nSPS) is 11.9. The quantitative estimate of drug-likeness (QED) is 0.607. The Labute approximate surface area is 97.4 Å². The molecule has 0 heterocycles. The molecule has 3 N–H and O–H groups in total. The van der Waals surface area contributed by atoms with Gasteiger partial charge >= 0.3 is 0 Å². The standard InChI is InChI=1S/C10H8ClNO3S/c11-7-4-5-9(16(13,14)15)10-6(7)2-1-3-8(10)12/h1-5H,12H2,(H,13,14,15). The maximum Gasteiger partial charge on any atom is 0.295 e. The number of nitrogen functional groups attached to an aromatic ring is 1. The summed E-state index contributed by atoms with van der Waals surface area (Å²) in [5.74, 6) is 0. The highest BCUT2D eigenvalue weighted by Gasteiger charge is 2.16. The molecule has 0 spiro atoms. The van der Waals surface area contributed by atoms with E-state index in [-0.39, 0.29) is 16.0 Å². The minimum Gasteiger partial charge on any atom is -0.398 e. The van der Waals surface area contributed by atoms with E-state index in [1.165, 1.54) is 12.1 Å². The summed E-state index contributed by atoms with van der Waals surface area (Å²) in [6.07, 6.45) is 0. The summed E-state index contributed by atoms with van der Waals surface area (Å²) in [6.45, 7) is 0. The van der Waals surface area contributed by atoms with Crippen molar-refractivity contribution in [2.24, 2.45) is 0 Å². The molecule has 84 valence electrons. The van der Waals surface area contributed by atoms with E-state index in [4.69, 9.17) is 21.9 Å². The Morgan fingerprint density at radius 2 is 1.88 bits per heavy atom. The van der Waals surface area contributed by atoms with Gasteiger partial charge in [0, 0.05) is 21.5 Å². The molecule has 16 heavy (non-hydrogen) atoms. The van der Waals surface area contributed by atoms with Crippen LogP contribution in [0.5, 0.6) is 0 Å². The second-order valence-electron chi connectivity index (χ2n) is 3.29. The van der Waals surface area contributed by atoms with E-state index in [0.717, 1.165) is 0 Å². The summed E-state index contributed by atoms with van der Waals surface area (Å²) in [6, 6.07) is 7.50. The Bertz CT molecular complexity index is 667. The van der Waals surface area contributed by atoms with Crippen LogP contribution in [0, 0.1) is 0 Å². The number of anilines is 1. The third-order valence-corrected chi connectivity index (χ3v) is 3.48. The maximum absolute atomic E-state index is 11.2. The number of nitrogens with two attached hydrogens (primary N) is 1. The Kier molecular flexibility index (Phi) is 2.53. The molecule has 0 radical (unpaired) electrons. The first-order chi connectivity index (χ1) is 7.41. The number of hydrogen-bond acceptors (Lipinski definition) is 3. The van der Waals surface area contributed by atoms with E-state index in [2.05, 4.69) is 0 Å². The highest BCUT2D eigenvalue weighted by atomic mass is 35.5. The largest absolute Gasteiger partial charge is 0.398 e. The Hall–Kier alpha value is -1.30. The maximum atomic E-state index is 11.2. The van der Waals surface area contributed by atoms with Crippen LogP contribution in [0.3, 0.4) is 0 Å². The van der Waals surface area contributed by atoms with E-state index >= 15 is 0 Å². The average Bonchev–Trinajstić information content (AvgIpc) is 2.18. The minimum atomic E-state index is -4.31. The van der Waals surface area contributed by atoms with Gasteiger partial charge in [-0.3, -0.25) is 4.55 Å². The van der Waals surface area contributed by atoms with Crippen molar-refractivity contribution in [1.29, 1.82) is 0 Å². The van der Waals surface area contributed by atoms with Gasteiger partial charge in [-0.1, -0.05) is 23.7 Å². The lowest BCUT2D eigenvalue weighted by molar-refractivity contribution is 0.484. The van der Waals surface area contributed by atoms with Crippen molar-refractivity contribution in [3.05, 3.63) is 35.4 Å². The predicted molar refractivity (Wildman–Crippen MR) is 63.2 cm³/mol. The molecule has 0 aliphatic rings. The molecule has 2 aromatic carbocycles. The molecule has 2 rings (SSSR count). The van der Waals surface area contributed by atoms with Crippen molar-refractivity contribution in [1.82, 2.24) is 0 Å². The zero-order valence-corrected chi connectivity index (χ0v) is 9.59. The van der Waals surface area contributed by atoms with Gasteiger partial charge in [-0.2, -0.15) is 8.42 Å². The summed E-state index contributed by atoms with van der Waals surface area (Å²) >= 11 is 5.92. The van der Waals surface area contributed by atoms with E-state index in [9.17, 15) is 8.42 Å². The molecular weight excluding hydrogens is 250 g/mol. The van der Waals surface area contributed by atoms with Crippen molar-refractivity contribution in [3.8, 4) is 0 Å². The van der Waals surface area contributed by atoms with Crippen molar-refractivity contribution >= 4 is 38.2 Å². The molecule has 2 aromatic rings. The van der Waals surface area contributed by atoms with E-state index in [1.807, 2.05) is 0 Å². The molecule has 4 nitrogen and oxygen atoms in total. The van der Waals surface area contributed by atoms with Gasteiger partial charge in [-0.05, 0) is 18.2 Å². The van der Waals surface area contributed by atoms with Gasteiger partial charge in [-0.25, -0.2) is 0 Å². The van der Waals surface area contributed by atoms with E-state index < -0.39 is 10.1 Å². The van der Waals surface area contributed by atoms with Crippen LogP contribution in [0.15, 0.2) is 35.2 Å². The summed E-state index contributed by atoms with van der Waals surface area (Å²) in [5.41, 5.74) is 5.95. The van der Waals surface area contributed by atoms with Gasteiger partial charge in [0.2, 0.25) is 0 Å². The summed E-state index contributed by atoms with van der Waals surface area (Å²) in [7, 11) is -4.31. The topological polar surface area (TPSA) is 80.4 Å². The second kappa shape index (κ2) is 3.62. The SMILES string of the molecule is Nc1cccc2c(Cl)ccc(S(=O)(=O)O)c12. The smallest absolute Gasteiger partial charge is 0.295 e. The van der Waals surface area contributed by atoms with Gasteiger partial charge in [0.05, 0.1) is 0 Å². The molecule has 6 heteroatoms. The molecule has 0 amide bonds. The van der Waals surface area contributed by atoms with Gasteiger partial charge < -0.3 is 5.73 Å². The lowest BCUT2D eigenvalue weighted by atomic mass is 10.1. The summed E-state index contributed by atoms with van der Waals surface area (Å²) < 4.78 is 31.4. The average molecular weight is 258 g/mol. The lowest BCUT2D eigenvalue weighted by Crippen LogP contribution is -2.01. The fourth-order valence-electron chi connectivity index (χ4n) is 1.58. The number of fused-ring (bicyclic) bond motifs is 1. The van der Waals surface area contributed by atoms with Crippen molar-refractivity contribution in [3.63, 3.8) is 0 Å². The molecule has 0 atom stereocenters. The predicted octanol–water partition coefficient (Wildman–Crippen LogP) is 2.32. The molecule has 0 aliphatic heterocycles. The zero-order valence-electron chi connectivity index (χ0n) is 8.01. The Morgan fingerprint density at radius 1 is 1.19 bits per heavy atom. The second-order valence-corrected chi connectivity index (χ2v) is 5.09. The van der Waals surface area contributed by atoms with Crippen LogP contribution in [0.2, 0.25) is 5.02 Å². The first kappa shape index (κ1) is 11.2. The fourth-order valence-corrected chi connectivity index (χ4v) is 2.53. The van der Waals surface area contributed by atoms with Crippen LogP contribution in [0.1, 0.15) is 0 Å². The minimum absolute atomic E-state index is 0.231. The van der Waals surface area contributed by atoms with Crippen LogP contribution < -0.4 is 5.73 Å². The molecule has 0 aliphatic carbocycles. The van der Waals surface area contributed by atoms with Crippen LogP contribution in [0.4, 0.5) is 5.69 Å². The number of rotatable bonds is 1. The molecule has 0 fully saturated rings. The molecule has 0 saturated heterocycles. The highest BCUT2D eigenvalue weighted by molar-refractivity contribution is 7.86. The lowest BCUT2D eigenvalue weighted by Gasteiger charge is -2.07. The summed E-state index contributed by atoms with van der Waals surface area (Å²) in [5, 5.41) is 1.13. The van der Waals surface area contributed by atoms with Gasteiger partial charge in [0.1, 0.15) is 4.90 Å². The third-order valence-electron chi connectivity index (χ3n) is 2.26. The molecule has 0 aromatic heterocycles. The molecule has 0 saturated carbocycles. The van der Waals surface area contributed by atoms with E-state index in [0.29, 0.717) is 10.4 Å². The first-order valence-electron chi connectivity index (χ1n) is 4.35. The summed E-state index contributed by atoms with van der Waals surface area (Å²) in [4.78, 5) is -0.231. The van der Waals surface area contributed by atoms with Crippen LogP contribution in [0.25, 0.3) is 10.8 Å². The molecule has 0 bridgehead atoms. The van der Waals surface area contributed by atoms with Crippen LogP contribution >= 0.6 is 11.6 Å². The highest BCUT2D eigenvalue weighted by Crippen LogP contribution is 2.32. The van der Waals surface area contributed by atoms with E-state index in [1.54, 1.807) is 18.2 Å². The number of hydrogen-bond donors (Lipinski definition) is 2. The molecule has 0 unspecified atom stereocenters. The Balaban J connectivity index is 3.04. The Morgan fingerprint density at radius 3 is 2.50 bits per heavy atom. The first-order valence-corrected chi connectivity index (χ1v) is 6.17. The van der Waals surface area contributed by atoms with Crippen molar-refractivity contribution < 1.29 is 13.0 Å².